The monoisotopic (exact) mass is 542 g/mol. The highest BCUT2D eigenvalue weighted by Gasteiger charge is 2.34. The van der Waals surface area contributed by atoms with E-state index in [0.29, 0.717) is 39.9 Å². The summed E-state index contributed by atoms with van der Waals surface area (Å²) in [6.45, 7) is 3.52. The van der Waals surface area contributed by atoms with Gasteiger partial charge in [-0.25, -0.2) is 4.79 Å². The van der Waals surface area contributed by atoms with Gasteiger partial charge in [0, 0.05) is 35.3 Å². The van der Waals surface area contributed by atoms with E-state index < -0.39 is 6.09 Å². The SMILES string of the molecule is C[C@H]1C[C@@H](OCc2c(-c3c(Cl)cccc3Cl)noc2C2CC2)CCN1c1ccc(C2NOC(=O)N2)cc1. The van der Waals surface area contributed by atoms with Crippen molar-refractivity contribution in [3.8, 4) is 11.3 Å². The van der Waals surface area contributed by atoms with Crippen LogP contribution in [0.5, 0.6) is 0 Å². The number of halogens is 2. The van der Waals surface area contributed by atoms with Crippen LogP contribution in [0.3, 0.4) is 0 Å². The highest BCUT2D eigenvalue weighted by Crippen LogP contribution is 2.46. The zero-order valence-corrected chi connectivity index (χ0v) is 21.9. The summed E-state index contributed by atoms with van der Waals surface area (Å²) in [6, 6.07) is 13.9. The van der Waals surface area contributed by atoms with Crippen molar-refractivity contribution in [1.29, 1.82) is 0 Å². The predicted octanol–water partition coefficient (Wildman–Crippen LogP) is 6.34. The molecular weight excluding hydrogens is 515 g/mol. The van der Waals surface area contributed by atoms with Crippen LogP contribution < -0.4 is 15.7 Å². The van der Waals surface area contributed by atoms with Gasteiger partial charge in [-0.05, 0) is 62.4 Å². The van der Waals surface area contributed by atoms with Gasteiger partial charge in [0.1, 0.15) is 17.6 Å². The molecule has 3 fully saturated rings. The molecule has 3 aromatic rings. The Kier molecular flexibility index (Phi) is 6.75. The van der Waals surface area contributed by atoms with Gasteiger partial charge in [-0.1, -0.05) is 46.6 Å². The topological polar surface area (TPSA) is 88.9 Å². The molecule has 1 amide bonds. The van der Waals surface area contributed by atoms with Crippen LogP contribution in [0.15, 0.2) is 47.0 Å². The third-order valence-corrected chi connectivity index (χ3v) is 7.98. The van der Waals surface area contributed by atoms with E-state index in [1.165, 1.54) is 0 Å². The second-order valence-electron chi connectivity index (χ2n) is 9.92. The summed E-state index contributed by atoms with van der Waals surface area (Å²) in [6.07, 6.45) is 3.33. The molecule has 37 heavy (non-hydrogen) atoms. The van der Waals surface area contributed by atoms with Crippen LogP contribution in [0.4, 0.5) is 10.5 Å². The van der Waals surface area contributed by atoms with Crippen molar-refractivity contribution >= 4 is 35.0 Å². The van der Waals surface area contributed by atoms with Gasteiger partial charge in [-0.3, -0.25) is 5.32 Å². The molecule has 2 aromatic carbocycles. The van der Waals surface area contributed by atoms with Crippen molar-refractivity contribution < 1.29 is 18.9 Å². The number of nitrogens with one attached hydrogen (secondary N) is 2. The molecule has 0 radical (unpaired) electrons. The smallest absolute Gasteiger partial charge is 0.373 e. The van der Waals surface area contributed by atoms with Crippen LogP contribution >= 0.6 is 23.2 Å². The highest BCUT2D eigenvalue weighted by molar-refractivity contribution is 6.39. The number of hydrogen-bond donors (Lipinski definition) is 2. The summed E-state index contributed by atoms with van der Waals surface area (Å²) in [7, 11) is 0. The molecular formula is C27H28Cl2N4O4. The Morgan fingerprint density at radius 1 is 1.11 bits per heavy atom. The van der Waals surface area contributed by atoms with E-state index in [-0.39, 0.29) is 12.3 Å². The number of amides is 1. The lowest BCUT2D eigenvalue weighted by molar-refractivity contribution is 0.0175. The lowest BCUT2D eigenvalue weighted by Crippen LogP contribution is -2.43. The third-order valence-electron chi connectivity index (χ3n) is 7.35. The first kappa shape index (κ1) is 24.6. The maximum absolute atomic E-state index is 11.3. The lowest BCUT2D eigenvalue weighted by Gasteiger charge is -2.39. The van der Waals surface area contributed by atoms with Crippen molar-refractivity contribution in [3.05, 3.63) is 69.4 Å². The van der Waals surface area contributed by atoms with Crippen LogP contribution in [-0.4, -0.2) is 29.9 Å². The number of carbonyl (C=O) groups excluding carboxylic acids is 1. The molecule has 2 aliphatic heterocycles. The molecule has 1 aromatic heterocycles. The van der Waals surface area contributed by atoms with Gasteiger partial charge in [0.05, 0.1) is 22.8 Å². The summed E-state index contributed by atoms with van der Waals surface area (Å²) < 4.78 is 12.2. The van der Waals surface area contributed by atoms with Crippen molar-refractivity contribution in [2.75, 3.05) is 11.4 Å². The number of carbonyl (C=O) groups is 1. The molecule has 3 heterocycles. The number of hydrogen-bond acceptors (Lipinski definition) is 7. The zero-order chi connectivity index (χ0) is 25.5. The van der Waals surface area contributed by atoms with Crippen LogP contribution in [-0.2, 0) is 16.2 Å². The quantitative estimate of drug-likeness (QED) is 0.359. The molecule has 194 valence electrons. The molecule has 2 N–H and O–H groups in total. The second kappa shape index (κ2) is 10.2. The van der Waals surface area contributed by atoms with Gasteiger partial charge in [-0.2, -0.15) is 0 Å². The Bertz CT molecular complexity index is 1270. The number of piperidine rings is 1. The number of benzene rings is 2. The van der Waals surface area contributed by atoms with Crippen LogP contribution in [0, 0.1) is 0 Å². The van der Waals surface area contributed by atoms with Crippen molar-refractivity contribution in [2.24, 2.45) is 0 Å². The van der Waals surface area contributed by atoms with E-state index >= 15 is 0 Å². The van der Waals surface area contributed by atoms with Crippen molar-refractivity contribution in [1.82, 2.24) is 16.0 Å². The van der Waals surface area contributed by atoms with E-state index in [4.69, 9.17) is 37.3 Å². The van der Waals surface area contributed by atoms with Gasteiger partial charge in [0.25, 0.3) is 0 Å². The van der Waals surface area contributed by atoms with E-state index in [1.807, 2.05) is 30.3 Å². The van der Waals surface area contributed by atoms with Crippen molar-refractivity contribution in [3.63, 3.8) is 0 Å². The van der Waals surface area contributed by atoms with Gasteiger partial charge >= 0.3 is 6.09 Å². The fraction of sp³-hybridized carbons (Fsp3) is 0.407. The summed E-state index contributed by atoms with van der Waals surface area (Å²) in [4.78, 5) is 18.4. The molecule has 10 heteroatoms. The predicted molar refractivity (Wildman–Crippen MR) is 140 cm³/mol. The lowest BCUT2D eigenvalue weighted by atomic mass is 9.99. The minimum Gasteiger partial charge on any atom is -0.373 e. The molecule has 8 nitrogen and oxygen atoms in total. The minimum absolute atomic E-state index is 0.122. The highest BCUT2D eigenvalue weighted by atomic mass is 35.5. The second-order valence-corrected chi connectivity index (χ2v) is 10.7. The Hall–Kier alpha value is -2.78. The first-order valence-electron chi connectivity index (χ1n) is 12.6. The summed E-state index contributed by atoms with van der Waals surface area (Å²) in [5, 5.41) is 8.19. The maximum atomic E-state index is 11.3. The third kappa shape index (κ3) is 5.03. The van der Waals surface area contributed by atoms with E-state index in [2.05, 4.69) is 39.9 Å². The van der Waals surface area contributed by atoms with E-state index in [1.54, 1.807) is 0 Å². The van der Waals surface area contributed by atoms with Gasteiger partial charge < -0.3 is 19.0 Å². The average molecular weight is 543 g/mol. The summed E-state index contributed by atoms with van der Waals surface area (Å²) >= 11 is 13.0. The molecule has 2 saturated heterocycles. The molecule has 1 unspecified atom stereocenters. The summed E-state index contributed by atoms with van der Waals surface area (Å²) in [5.74, 6) is 1.29. The number of hydroxylamine groups is 1. The molecule has 1 aliphatic carbocycles. The van der Waals surface area contributed by atoms with Gasteiger partial charge in [0.15, 0.2) is 0 Å². The Balaban J connectivity index is 1.12. The molecule has 3 aliphatic rings. The first-order valence-corrected chi connectivity index (χ1v) is 13.4. The summed E-state index contributed by atoms with van der Waals surface area (Å²) in [5.41, 5.74) is 7.10. The van der Waals surface area contributed by atoms with Gasteiger partial charge in [-0.15, -0.1) is 5.48 Å². The zero-order valence-electron chi connectivity index (χ0n) is 20.4. The normalized spacial score (nSPS) is 23.7. The van der Waals surface area contributed by atoms with E-state index in [9.17, 15) is 4.79 Å². The number of nitrogens with zero attached hydrogens (tertiary/aromatic N) is 2. The Labute approximate surface area is 225 Å². The maximum Gasteiger partial charge on any atom is 0.427 e. The van der Waals surface area contributed by atoms with Crippen molar-refractivity contribution in [2.45, 2.75) is 63.4 Å². The van der Waals surface area contributed by atoms with Crippen LogP contribution in [0.1, 0.15) is 61.6 Å². The molecule has 1 saturated carbocycles. The number of anilines is 1. The number of aromatic nitrogens is 1. The molecule has 3 atom stereocenters. The standard InChI is InChI=1S/C27H28Cl2N4O4/c1-15-13-19(11-12-33(15)18-9-7-17(8-10-18)26-30-27(34)37-32-26)35-14-20-24(31-36-25(20)16-5-6-16)23-21(28)3-2-4-22(23)29/h2-4,7-10,15-16,19,26,32H,5-6,11-14H2,1H3,(H,30,34)/t15-,19-,26?/m0/s1. The first-order chi connectivity index (χ1) is 18.0. The number of rotatable bonds is 7. The van der Waals surface area contributed by atoms with Gasteiger partial charge in [0.2, 0.25) is 0 Å². The molecule has 0 bridgehead atoms. The fourth-order valence-electron chi connectivity index (χ4n) is 5.21. The Morgan fingerprint density at radius 3 is 2.51 bits per heavy atom. The van der Waals surface area contributed by atoms with E-state index in [0.717, 1.165) is 54.8 Å². The van der Waals surface area contributed by atoms with Crippen LogP contribution in [0.2, 0.25) is 10.0 Å². The average Bonchev–Trinajstić information content (AvgIpc) is 3.51. The number of ether oxygens (including phenoxy) is 1. The Morgan fingerprint density at radius 2 is 1.86 bits per heavy atom. The van der Waals surface area contributed by atoms with Crippen LogP contribution in [0.25, 0.3) is 11.3 Å². The minimum atomic E-state index is -0.470. The largest absolute Gasteiger partial charge is 0.427 e. The molecule has 6 rings (SSSR count). The molecule has 0 spiro atoms. The fourth-order valence-corrected chi connectivity index (χ4v) is 5.79.